The Labute approximate surface area is 132 Å². The summed E-state index contributed by atoms with van der Waals surface area (Å²) in [7, 11) is 2.67. The highest BCUT2D eigenvalue weighted by molar-refractivity contribution is 5.97. The normalized spacial score (nSPS) is 10.2. The number of carbonyl (C=O) groups excluding carboxylic acids is 1. The second-order valence-corrected chi connectivity index (χ2v) is 4.77. The lowest BCUT2D eigenvalue weighted by Crippen LogP contribution is -2.16. The molecule has 0 heterocycles. The largest absolute Gasteiger partial charge is 0.492 e. The first-order valence-electron chi connectivity index (χ1n) is 6.75. The zero-order chi connectivity index (χ0) is 17.0. The molecule has 0 saturated carbocycles. The second-order valence-electron chi connectivity index (χ2n) is 4.77. The molecule has 0 unspecified atom stereocenters. The minimum Gasteiger partial charge on any atom is -0.492 e. The van der Waals surface area contributed by atoms with E-state index in [-0.39, 0.29) is 22.7 Å². The molecule has 1 amide bonds. The Hall–Kier alpha value is -3.09. The SMILES string of the molecule is COc1c([N+](=O)[O-])cc(C(N)=O)c(Cc2ccccc2)c1OC. The third kappa shape index (κ3) is 3.23. The van der Waals surface area contributed by atoms with Crippen molar-refractivity contribution in [2.45, 2.75) is 6.42 Å². The van der Waals surface area contributed by atoms with E-state index in [1.807, 2.05) is 30.3 Å². The minimum atomic E-state index is -0.764. The molecule has 0 saturated heterocycles. The van der Waals surface area contributed by atoms with Crippen molar-refractivity contribution in [3.8, 4) is 11.5 Å². The molecule has 0 bridgehead atoms. The average molecular weight is 316 g/mol. The molecular weight excluding hydrogens is 300 g/mol. The Balaban J connectivity index is 2.71. The summed E-state index contributed by atoms with van der Waals surface area (Å²) in [6.07, 6.45) is 0.330. The van der Waals surface area contributed by atoms with Crippen molar-refractivity contribution in [3.05, 3.63) is 63.2 Å². The smallest absolute Gasteiger partial charge is 0.315 e. The molecule has 0 spiro atoms. The third-order valence-electron chi connectivity index (χ3n) is 3.41. The minimum absolute atomic E-state index is 0.0339. The van der Waals surface area contributed by atoms with E-state index >= 15 is 0 Å². The molecule has 0 aliphatic rings. The van der Waals surface area contributed by atoms with E-state index in [2.05, 4.69) is 0 Å². The number of rotatable bonds is 6. The molecule has 2 N–H and O–H groups in total. The van der Waals surface area contributed by atoms with Crippen molar-refractivity contribution in [1.82, 2.24) is 0 Å². The number of hydrogen-bond donors (Lipinski definition) is 1. The summed E-state index contributed by atoms with van der Waals surface area (Å²) in [5.41, 5.74) is 6.43. The van der Waals surface area contributed by atoms with Crippen molar-refractivity contribution in [3.63, 3.8) is 0 Å². The monoisotopic (exact) mass is 316 g/mol. The zero-order valence-electron chi connectivity index (χ0n) is 12.7. The maximum absolute atomic E-state index is 11.8. The van der Waals surface area contributed by atoms with Crippen LogP contribution >= 0.6 is 0 Å². The van der Waals surface area contributed by atoms with Crippen LogP contribution in [0.15, 0.2) is 36.4 Å². The van der Waals surface area contributed by atoms with Crippen LogP contribution in [0.3, 0.4) is 0 Å². The van der Waals surface area contributed by atoms with Crippen LogP contribution in [0, 0.1) is 10.1 Å². The first-order valence-corrected chi connectivity index (χ1v) is 6.75. The molecular formula is C16H16N2O5. The van der Waals surface area contributed by atoms with Crippen LogP contribution in [0.5, 0.6) is 11.5 Å². The van der Waals surface area contributed by atoms with Gasteiger partial charge in [0, 0.05) is 18.1 Å². The highest BCUT2D eigenvalue weighted by Crippen LogP contribution is 2.42. The molecule has 0 aliphatic carbocycles. The van der Waals surface area contributed by atoms with Gasteiger partial charge in [0.1, 0.15) is 0 Å². The molecule has 0 aromatic heterocycles. The molecule has 7 heteroatoms. The molecule has 0 atom stereocenters. The second kappa shape index (κ2) is 6.78. The Bertz CT molecular complexity index is 744. The predicted octanol–water partition coefficient (Wildman–Crippen LogP) is 2.30. The number of nitrogens with zero attached hydrogens (tertiary/aromatic N) is 1. The van der Waals surface area contributed by atoms with Gasteiger partial charge >= 0.3 is 5.69 Å². The highest BCUT2D eigenvalue weighted by atomic mass is 16.6. The topological polar surface area (TPSA) is 105 Å². The van der Waals surface area contributed by atoms with Gasteiger partial charge < -0.3 is 15.2 Å². The van der Waals surface area contributed by atoms with Crippen LogP contribution in [0.2, 0.25) is 0 Å². The number of primary amides is 1. The van der Waals surface area contributed by atoms with E-state index in [9.17, 15) is 14.9 Å². The van der Waals surface area contributed by atoms with Crippen LogP contribution in [-0.4, -0.2) is 25.1 Å². The average Bonchev–Trinajstić information content (AvgIpc) is 2.54. The quantitative estimate of drug-likeness (QED) is 0.650. The van der Waals surface area contributed by atoms with Crippen LogP contribution < -0.4 is 15.2 Å². The van der Waals surface area contributed by atoms with Crippen LogP contribution in [0.1, 0.15) is 21.5 Å². The summed E-state index contributed by atoms with van der Waals surface area (Å²) < 4.78 is 10.4. The molecule has 120 valence electrons. The van der Waals surface area contributed by atoms with Crippen molar-refractivity contribution in [2.75, 3.05) is 14.2 Å². The highest BCUT2D eigenvalue weighted by Gasteiger charge is 2.28. The molecule has 0 aliphatic heterocycles. The van der Waals surface area contributed by atoms with Crippen molar-refractivity contribution in [2.24, 2.45) is 5.73 Å². The van der Waals surface area contributed by atoms with Gasteiger partial charge in [-0.15, -0.1) is 0 Å². The van der Waals surface area contributed by atoms with Crippen molar-refractivity contribution < 1.29 is 19.2 Å². The van der Waals surface area contributed by atoms with Gasteiger partial charge in [-0.1, -0.05) is 30.3 Å². The number of methoxy groups -OCH3 is 2. The van der Waals surface area contributed by atoms with Gasteiger partial charge in [0.25, 0.3) is 0 Å². The van der Waals surface area contributed by atoms with E-state index < -0.39 is 10.8 Å². The van der Waals surface area contributed by atoms with E-state index in [0.717, 1.165) is 11.6 Å². The maximum Gasteiger partial charge on any atom is 0.315 e. The maximum atomic E-state index is 11.8. The summed E-state index contributed by atoms with van der Waals surface area (Å²) >= 11 is 0. The lowest BCUT2D eigenvalue weighted by molar-refractivity contribution is -0.385. The number of carbonyl (C=O) groups is 1. The summed E-state index contributed by atoms with van der Waals surface area (Å²) in [6.45, 7) is 0. The number of hydrogen-bond acceptors (Lipinski definition) is 5. The number of nitro benzene ring substituents is 1. The Kier molecular flexibility index (Phi) is 4.80. The molecule has 0 fully saturated rings. The van der Waals surface area contributed by atoms with Gasteiger partial charge in [0.2, 0.25) is 11.7 Å². The third-order valence-corrected chi connectivity index (χ3v) is 3.41. The van der Waals surface area contributed by atoms with E-state index in [1.165, 1.54) is 14.2 Å². The van der Waals surface area contributed by atoms with Gasteiger partial charge in [-0.05, 0) is 5.56 Å². The van der Waals surface area contributed by atoms with Gasteiger partial charge in [-0.3, -0.25) is 14.9 Å². The fourth-order valence-corrected chi connectivity index (χ4v) is 2.41. The van der Waals surface area contributed by atoms with Crippen LogP contribution in [0.4, 0.5) is 5.69 Å². The van der Waals surface area contributed by atoms with Gasteiger partial charge in [0.05, 0.1) is 24.7 Å². The fraction of sp³-hybridized carbons (Fsp3) is 0.188. The lowest BCUT2D eigenvalue weighted by atomic mass is 9.96. The fourth-order valence-electron chi connectivity index (χ4n) is 2.41. The summed E-state index contributed by atoms with van der Waals surface area (Å²) in [5.74, 6) is -0.659. The zero-order valence-corrected chi connectivity index (χ0v) is 12.7. The Morgan fingerprint density at radius 3 is 2.26 bits per heavy atom. The standard InChI is InChI=1S/C16H16N2O5/c1-22-14-11(8-10-6-4-3-5-7-10)12(16(17)19)9-13(18(20)21)15(14)23-2/h3-7,9H,8H2,1-2H3,(H2,17,19). The summed E-state index contributed by atoms with van der Waals surface area (Å²) in [6, 6.07) is 10.5. The van der Waals surface area contributed by atoms with Crippen LogP contribution in [-0.2, 0) is 6.42 Å². The van der Waals surface area contributed by atoms with Crippen molar-refractivity contribution >= 4 is 11.6 Å². The predicted molar refractivity (Wildman–Crippen MR) is 84.0 cm³/mol. The van der Waals surface area contributed by atoms with Gasteiger partial charge in [-0.25, -0.2) is 0 Å². The molecule has 2 aromatic carbocycles. The number of nitrogens with two attached hydrogens (primary N) is 1. The van der Waals surface area contributed by atoms with Gasteiger partial charge in [0.15, 0.2) is 5.75 Å². The molecule has 7 nitrogen and oxygen atoms in total. The number of nitro groups is 1. The molecule has 23 heavy (non-hydrogen) atoms. The first kappa shape index (κ1) is 16.3. The number of ether oxygens (including phenoxy) is 2. The first-order chi connectivity index (χ1) is 11.0. The van der Waals surface area contributed by atoms with E-state index in [0.29, 0.717) is 12.0 Å². The summed E-state index contributed by atoms with van der Waals surface area (Å²) in [4.78, 5) is 22.3. The van der Waals surface area contributed by atoms with E-state index in [1.54, 1.807) is 0 Å². The Morgan fingerprint density at radius 2 is 1.78 bits per heavy atom. The van der Waals surface area contributed by atoms with Crippen molar-refractivity contribution in [1.29, 1.82) is 0 Å². The van der Waals surface area contributed by atoms with E-state index in [4.69, 9.17) is 15.2 Å². The number of benzene rings is 2. The molecule has 2 rings (SSSR count). The number of amides is 1. The van der Waals surface area contributed by atoms with Crippen LogP contribution in [0.25, 0.3) is 0 Å². The van der Waals surface area contributed by atoms with Gasteiger partial charge in [-0.2, -0.15) is 0 Å². The lowest BCUT2D eigenvalue weighted by Gasteiger charge is -2.16. The molecule has 0 radical (unpaired) electrons. The molecule has 2 aromatic rings. The summed E-state index contributed by atoms with van der Waals surface area (Å²) in [5, 5.41) is 11.2. The Morgan fingerprint density at radius 1 is 1.17 bits per heavy atom.